The summed E-state index contributed by atoms with van der Waals surface area (Å²) < 4.78 is 0.821. The molecule has 2 N–H and O–H groups in total. The zero-order valence-corrected chi connectivity index (χ0v) is 12.1. The van der Waals surface area contributed by atoms with Crippen molar-refractivity contribution in [2.45, 2.75) is 20.8 Å². The van der Waals surface area contributed by atoms with E-state index < -0.39 is 0 Å². The average molecular weight is 308 g/mol. The van der Waals surface area contributed by atoms with Crippen molar-refractivity contribution in [3.05, 3.63) is 45.2 Å². The molecular weight excluding hydrogens is 294 g/mol. The number of aryl methyl sites for hydroxylation is 3. The van der Waals surface area contributed by atoms with Crippen LogP contribution in [-0.4, -0.2) is 16.1 Å². The third-order valence-electron chi connectivity index (χ3n) is 2.80. The number of carbonyl (C=O) groups is 1. The molecule has 1 amide bonds. The average Bonchev–Trinajstić information content (AvgIpc) is 2.64. The summed E-state index contributed by atoms with van der Waals surface area (Å²) in [5.41, 5.74) is 4.03. The van der Waals surface area contributed by atoms with Gasteiger partial charge >= 0.3 is 0 Å². The number of hydrogen-bond acceptors (Lipinski definition) is 2. The van der Waals surface area contributed by atoms with Crippen molar-refractivity contribution in [2.75, 3.05) is 5.32 Å². The summed E-state index contributed by atoms with van der Waals surface area (Å²) in [6, 6.07) is 5.61. The maximum atomic E-state index is 12.2. The molecule has 2 aromatic rings. The summed E-state index contributed by atoms with van der Waals surface area (Å²) >= 11 is 3.44. The number of aromatic nitrogens is 2. The number of amides is 1. The van der Waals surface area contributed by atoms with E-state index in [4.69, 9.17) is 0 Å². The van der Waals surface area contributed by atoms with Crippen LogP contribution < -0.4 is 5.32 Å². The highest BCUT2D eigenvalue weighted by Gasteiger charge is 2.14. The van der Waals surface area contributed by atoms with Crippen molar-refractivity contribution in [1.82, 2.24) is 10.2 Å². The van der Waals surface area contributed by atoms with Crippen molar-refractivity contribution in [2.24, 2.45) is 0 Å². The number of nitrogens with one attached hydrogen (secondary N) is 2. The minimum absolute atomic E-state index is 0.141. The van der Waals surface area contributed by atoms with Gasteiger partial charge in [0.1, 0.15) is 0 Å². The lowest BCUT2D eigenvalue weighted by Crippen LogP contribution is -2.14. The van der Waals surface area contributed by atoms with Gasteiger partial charge in [-0.05, 0) is 48.3 Å². The number of aromatic amines is 1. The van der Waals surface area contributed by atoms with Gasteiger partial charge in [0, 0.05) is 4.47 Å². The van der Waals surface area contributed by atoms with E-state index in [1.165, 1.54) is 0 Å². The Hall–Kier alpha value is -1.62. The summed E-state index contributed by atoms with van der Waals surface area (Å²) in [4.78, 5) is 12.2. The van der Waals surface area contributed by atoms with Gasteiger partial charge in [-0.1, -0.05) is 12.1 Å². The Balaban J connectivity index is 2.31. The Bertz CT molecular complexity index is 585. The van der Waals surface area contributed by atoms with E-state index in [1.54, 1.807) is 6.07 Å². The van der Waals surface area contributed by atoms with E-state index in [-0.39, 0.29) is 5.91 Å². The number of halogens is 1. The normalized spacial score (nSPS) is 10.4. The summed E-state index contributed by atoms with van der Waals surface area (Å²) in [5.74, 6) is -0.141. The first-order chi connectivity index (χ1) is 8.50. The lowest BCUT2D eigenvalue weighted by Gasteiger charge is -2.08. The molecule has 0 bridgehead atoms. The topological polar surface area (TPSA) is 57.8 Å². The zero-order chi connectivity index (χ0) is 13.3. The van der Waals surface area contributed by atoms with E-state index in [0.717, 1.165) is 27.1 Å². The fourth-order valence-electron chi connectivity index (χ4n) is 1.74. The molecule has 18 heavy (non-hydrogen) atoms. The van der Waals surface area contributed by atoms with Crippen LogP contribution in [0, 0.1) is 20.8 Å². The first kappa shape index (κ1) is 12.8. The van der Waals surface area contributed by atoms with Gasteiger partial charge in [0.25, 0.3) is 5.91 Å². The van der Waals surface area contributed by atoms with E-state index in [9.17, 15) is 4.79 Å². The maximum Gasteiger partial charge on any atom is 0.256 e. The summed E-state index contributed by atoms with van der Waals surface area (Å²) in [6.07, 6.45) is 0. The fourth-order valence-corrected chi connectivity index (χ4v) is 2.18. The first-order valence-corrected chi connectivity index (χ1v) is 6.38. The van der Waals surface area contributed by atoms with Crippen LogP contribution in [0.15, 0.2) is 22.7 Å². The van der Waals surface area contributed by atoms with Gasteiger partial charge in [-0.3, -0.25) is 9.89 Å². The Morgan fingerprint density at radius 3 is 2.67 bits per heavy atom. The molecule has 0 saturated carbocycles. The fraction of sp³-hybridized carbons (Fsp3) is 0.231. The molecule has 0 aliphatic rings. The minimum atomic E-state index is -0.141. The van der Waals surface area contributed by atoms with Crippen molar-refractivity contribution in [3.8, 4) is 0 Å². The summed E-state index contributed by atoms with van der Waals surface area (Å²) in [5, 5.41) is 9.77. The van der Waals surface area contributed by atoms with Crippen LogP contribution in [0.3, 0.4) is 0 Å². The molecule has 4 nitrogen and oxygen atoms in total. The van der Waals surface area contributed by atoms with Gasteiger partial charge in [0.05, 0.1) is 22.6 Å². The Labute approximate surface area is 114 Å². The summed E-state index contributed by atoms with van der Waals surface area (Å²) in [6.45, 7) is 5.68. The van der Waals surface area contributed by atoms with Crippen molar-refractivity contribution < 1.29 is 4.79 Å². The second kappa shape index (κ2) is 4.94. The van der Waals surface area contributed by atoms with Crippen LogP contribution in [0.25, 0.3) is 0 Å². The second-order valence-corrected chi connectivity index (χ2v) is 4.99. The van der Waals surface area contributed by atoms with Gasteiger partial charge in [-0.2, -0.15) is 5.10 Å². The van der Waals surface area contributed by atoms with Crippen molar-refractivity contribution in [1.29, 1.82) is 0 Å². The quantitative estimate of drug-likeness (QED) is 0.894. The molecule has 1 aromatic carbocycles. The maximum absolute atomic E-state index is 12.2. The minimum Gasteiger partial charge on any atom is -0.319 e. The third kappa shape index (κ3) is 2.31. The molecule has 0 aliphatic carbocycles. The molecule has 0 unspecified atom stereocenters. The third-order valence-corrected chi connectivity index (χ3v) is 3.86. The van der Waals surface area contributed by atoms with Crippen LogP contribution in [0.4, 0.5) is 5.69 Å². The zero-order valence-electron chi connectivity index (χ0n) is 10.5. The monoisotopic (exact) mass is 307 g/mol. The number of carbonyl (C=O) groups excluding carboxylic acids is 1. The van der Waals surface area contributed by atoms with E-state index >= 15 is 0 Å². The van der Waals surface area contributed by atoms with Gasteiger partial charge in [-0.15, -0.1) is 0 Å². The van der Waals surface area contributed by atoms with Crippen LogP contribution in [0.2, 0.25) is 0 Å². The Morgan fingerprint density at radius 1 is 1.33 bits per heavy atom. The lowest BCUT2D eigenvalue weighted by atomic mass is 10.1. The highest BCUT2D eigenvalue weighted by atomic mass is 79.9. The predicted molar refractivity (Wildman–Crippen MR) is 74.9 cm³/mol. The molecule has 94 valence electrons. The molecule has 1 aromatic heterocycles. The predicted octanol–water partition coefficient (Wildman–Crippen LogP) is 3.35. The lowest BCUT2D eigenvalue weighted by molar-refractivity contribution is 0.102. The second-order valence-electron chi connectivity index (χ2n) is 4.20. The molecule has 0 saturated heterocycles. The summed E-state index contributed by atoms with van der Waals surface area (Å²) in [7, 11) is 0. The van der Waals surface area contributed by atoms with Gasteiger partial charge in [0.2, 0.25) is 0 Å². The largest absolute Gasteiger partial charge is 0.319 e. The number of anilines is 1. The van der Waals surface area contributed by atoms with E-state index in [2.05, 4.69) is 31.4 Å². The molecule has 0 aliphatic heterocycles. The number of benzene rings is 1. The van der Waals surface area contributed by atoms with Gasteiger partial charge in [-0.25, -0.2) is 0 Å². The number of H-pyrrole nitrogens is 1. The molecular formula is C13H14BrN3O. The van der Waals surface area contributed by atoms with Crippen LogP contribution in [0.1, 0.15) is 27.3 Å². The molecule has 2 rings (SSSR count). The van der Waals surface area contributed by atoms with Gasteiger partial charge in [0.15, 0.2) is 0 Å². The van der Waals surface area contributed by atoms with Crippen LogP contribution in [0.5, 0.6) is 0 Å². The highest BCUT2D eigenvalue weighted by molar-refractivity contribution is 9.10. The standard InChI is InChI=1S/C13H14BrN3O/c1-7-5-4-6-10(11(7)14)13(18)15-12-8(2)16-17-9(12)3/h4-6H,1-3H3,(H,15,18)(H,16,17). The van der Waals surface area contributed by atoms with Crippen LogP contribution in [-0.2, 0) is 0 Å². The van der Waals surface area contributed by atoms with Crippen molar-refractivity contribution in [3.63, 3.8) is 0 Å². The number of rotatable bonds is 2. The first-order valence-electron chi connectivity index (χ1n) is 5.58. The molecule has 5 heteroatoms. The molecule has 1 heterocycles. The SMILES string of the molecule is Cc1cccc(C(=O)Nc2c(C)n[nH]c2C)c1Br. The number of hydrogen-bond donors (Lipinski definition) is 2. The molecule has 0 fully saturated rings. The molecule has 0 atom stereocenters. The Kier molecular flexibility index (Phi) is 3.52. The number of nitrogens with zero attached hydrogens (tertiary/aromatic N) is 1. The van der Waals surface area contributed by atoms with E-state index in [0.29, 0.717) is 5.56 Å². The Morgan fingerprint density at radius 2 is 2.06 bits per heavy atom. The molecule has 0 spiro atoms. The van der Waals surface area contributed by atoms with Crippen molar-refractivity contribution >= 4 is 27.5 Å². The van der Waals surface area contributed by atoms with Gasteiger partial charge < -0.3 is 5.32 Å². The van der Waals surface area contributed by atoms with Crippen LogP contribution >= 0.6 is 15.9 Å². The van der Waals surface area contributed by atoms with E-state index in [1.807, 2.05) is 32.9 Å². The smallest absolute Gasteiger partial charge is 0.256 e. The highest BCUT2D eigenvalue weighted by Crippen LogP contribution is 2.23. The molecule has 0 radical (unpaired) electrons.